The first-order chi connectivity index (χ1) is 9.60. The fourth-order valence-electron chi connectivity index (χ4n) is 1.62. The van der Waals surface area contributed by atoms with Crippen LogP contribution in [-0.2, 0) is 6.42 Å². The Morgan fingerprint density at radius 1 is 1.20 bits per heavy atom. The number of carboxylic acid groups (broad SMARTS) is 1. The molecule has 104 valence electrons. The molecular formula is C14H12ClNO4. The summed E-state index contributed by atoms with van der Waals surface area (Å²) in [5.74, 6) is -0.745. The second-order valence-corrected chi connectivity index (χ2v) is 4.40. The zero-order valence-electron chi connectivity index (χ0n) is 10.4. The highest BCUT2D eigenvalue weighted by Crippen LogP contribution is 2.25. The molecule has 5 nitrogen and oxygen atoms in total. The summed E-state index contributed by atoms with van der Waals surface area (Å²) < 4.78 is 5.45. The summed E-state index contributed by atoms with van der Waals surface area (Å²) in [4.78, 5) is 14.9. The predicted octanol–water partition coefficient (Wildman–Crippen LogP) is 2.76. The molecule has 0 fully saturated rings. The Morgan fingerprint density at radius 2 is 1.90 bits per heavy atom. The van der Waals surface area contributed by atoms with E-state index in [9.17, 15) is 4.79 Å². The van der Waals surface area contributed by atoms with Gasteiger partial charge < -0.3 is 14.9 Å². The quantitative estimate of drug-likeness (QED) is 0.829. The lowest BCUT2D eigenvalue weighted by Gasteiger charge is -2.08. The van der Waals surface area contributed by atoms with Gasteiger partial charge in [-0.2, -0.15) is 0 Å². The maximum absolute atomic E-state index is 11.1. The van der Waals surface area contributed by atoms with E-state index in [0.29, 0.717) is 12.2 Å². The normalized spacial score (nSPS) is 10.3. The summed E-state index contributed by atoms with van der Waals surface area (Å²) in [6, 6.07) is 9.67. The van der Waals surface area contributed by atoms with Crippen molar-refractivity contribution in [3.63, 3.8) is 0 Å². The van der Waals surface area contributed by atoms with Crippen LogP contribution in [0.25, 0.3) is 0 Å². The highest BCUT2D eigenvalue weighted by atomic mass is 35.5. The van der Waals surface area contributed by atoms with Crippen LogP contribution in [0.5, 0.6) is 11.6 Å². The molecule has 0 amide bonds. The Kier molecular flexibility index (Phi) is 4.55. The number of carbonyl (C=O) groups is 1. The molecule has 0 atom stereocenters. The lowest BCUT2D eigenvalue weighted by molar-refractivity contribution is 0.0693. The van der Waals surface area contributed by atoms with E-state index in [1.165, 1.54) is 12.1 Å². The zero-order valence-corrected chi connectivity index (χ0v) is 11.2. The molecular weight excluding hydrogens is 282 g/mol. The molecule has 2 rings (SSSR count). The maximum atomic E-state index is 11.1. The number of aliphatic hydroxyl groups is 1. The van der Waals surface area contributed by atoms with Crippen LogP contribution in [0.4, 0.5) is 0 Å². The third-order valence-corrected chi connectivity index (χ3v) is 2.81. The molecule has 20 heavy (non-hydrogen) atoms. The van der Waals surface area contributed by atoms with Crippen molar-refractivity contribution in [3.8, 4) is 11.6 Å². The van der Waals surface area contributed by atoms with Crippen molar-refractivity contribution >= 4 is 17.6 Å². The molecule has 0 bridgehead atoms. The molecule has 0 aliphatic heterocycles. The number of nitrogens with zero attached hydrogens (tertiary/aromatic N) is 1. The van der Waals surface area contributed by atoms with Crippen LogP contribution in [-0.4, -0.2) is 27.8 Å². The Morgan fingerprint density at radius 3 is 2.50 bits per heavy atom. The largest absolute Gasteiger partial charge is 0.477 e. The van der Waals surface area contributed by atoms with Gasteiger partial charge >= 0.3 is 5.97 Å². The minimum absolute atomic E-state index is 0.0556. The number of aliphatic hydroxyl groups excluding tert-OH is 1. The molecule has 2 aromatic rings. The highest BCUT2D eigenvalue weighted by molar-refractivity contribution is 6.29. The molecule has 1 aromatic heterocycles. The lowest BCUT2D eigenvalue weighted by atomic mass is 10.1. The number of aromatic carboxylic acids is 1. The average molecular weight is 294 g/mol. The standard InChI is InChI=1S/C14H12ClNO4/c15-12-6-5-11(14(18)19)13(16-12)20-10-3-1-9(2-4-10)7-8-17/h1-6,17H,7-8H2,(H,18,19). The van der Waals surface area contributed by atoms with Gasteiger partial charge in [-0.05, 0) is 36.2 Å². The number of pyridine rings is 1. The van der Waals surface area contributed by atoms with E-state index in [1.54, 1.807) is 24.3 Å². The predicted molar refractivity (Wildman–Crippen MR) is 73.5 cm³/mol. The molecule has 1 heterocycles. The van der Waals surface area contributed by atoms with Gasteiger partial charge in [0.15, 0.2) is 0 Å². The molecule has 1 aromatic carbocycles. The lowest BCUT2D eigenvalue weighted by Crippen LogP contribution is -2.02. The maximum Gasteiger partial charge on any atom is 0.341 e. The third kappa shape index (κ3) is 3.46. The van der Waals surface area contributed by atoms with Crippen LogP contribution in [0.15, 0.2) is 36.4 Å². The van der Waals surface area contributed by atoms with Gasteiger partial charge in [0.1, 0.15) is 16.5 Å². The summed E-state index contributed by atoms with van der Waals surface area (Å²) in [5.41, 5.74) is 0.895. The number of aromatic nitrogens is 1. The zero-order chi connectivity index (χ0) is 14.5. The SMILES string of the molecule is O=C(O)c1ccc(Cl)nc1Oc1ccc(CCO)cc1. The topological polar surface area (TPSA) is 79.7 Å². The van der Waals surface area contributed by atoms with E-state index >= 15 is 0 Å². The molecule has 0 saturated heterocycles. The Bertz CT molecular complexity index is 613. The number of ether oxygens (including phenoxy) is 1. The Labute approximate surface area is 120 Å². The minimum atomic E-state index is -1.14. The van der Waals surface area contributed by atoms with Crippen LogP contribution in [0.2, 0.25) is 5.15 Å². The van der Waals surface area contributed by atoms with E-state index in [-0.39, 0.29) is 23.2 Å². The van der Waals surface area contributed by atoms with Crippen molar-refractivity contribution in [2.45, 2.75) is 6.42 Å². The first kappa shape index (κ1) is 14.3. The summed E-state index contributed by atoms with van der Waals surface area (Å²) in [6.45, 7) is 0.0687. The molecule has 2 N–H and O–H groups in total. The van der Waals surface area contributed by atoms with E-state index in [1.807, 2.05) is 0 Å². The first-order valence-corrected chi connectivity index (χ1v) is 6.25. The monoisotopic (exact) mass is 293 g/mol. The van der Waals surface area contributed by atoms with E-state index < -0.39 is 5.97 Å². The highest BCUT2D eigenvalue weighted by Gasteiger charge is 2.14. The number of hydrogen-bond acceptors (Lipinski definition) is 4. The molecule has 0 unspecified atom stereocenters. The summed E-state index contributed by atoms with van der Waals surface area (Å²) in [6.07, 6.45) is 0.552. The van der Waals surface area contributed by atoms with Gasteiger partial charge in [0, 0.05) is 6.61 Å². The van der Waals surface area contributed by atoms with E-state index in [0.717, 1.165) is 5.56 Å². The molecule has 0 saturated carbocycles. The van der Waals surface area contributed by atoms with Crippen LogP contribution < -0.4 is 4.74 Å². The summed E-state index contributed by atoms with van der Waals surface area (Å²) in [7, 11) is 0. The van der Waals surface area contributed by atoms with Crippen LogP contribution in [0, 0.1) is 0 Å². The van der Waals surface area contributed by atoms with E-state index in [2.05, 4.69) is 4.98 Å². The first-order valence-electron chi connectivity index (χ1n) is 5.87. The second-order valence-electron chi connectivity index (χ2n) is 4.01. The molecule has 0 aliphatic rings. The number of hydrogen-bond donors (Lipinski definition) is 2. The van der Waals surface area contributed by atoms with Crippen LogP contribution in [0.1, 0.15) is 15.9 Å². The third-order valence-electron chi connectivity index (χ3n) is 2.60. The molecule has 0 radical (unpaired) electrons. The van der Waals surface area contributed by atoms with Gasteiger partial charge in [-0.3, -0.25) is 0 Å². The average Bonchev–Trinajstić information content (AvgIpc) is 2.41. The van der Waals surface area contributed by atoms with Crippen LogP contribution >= 0.6 is 11.6 Å². The van der Waals surface area contributed by atoms with E-state index in [4.69, 9.17) is 26.6 Å². The minimum Gasteiger partial charge on any atom is -0.477 e. The number of carboxylic acids is 1. The van der Waals surface area contributed by atoms with Gasteiger partial charge in [-0.1, -0.05) is 23.7 Å². The van der Waals surface area contributed by atoms with Crippen LogP contribution in [0.3, 0.4) is 0 Å². The van der Waals surface area contributed by atoms with Crippen molar-refractivity contribution < 1.29 is 19.7 Å². The van der Waals surface area contributed by atoms with Crippen molar-refractivity contribution in [1.82, 2.24) is 4.98 Å². The molecule has 6 heteroatoms. The van der Waals surface area contributed by atoms with Gasteiger partial charge in [0.2, 0.25) is 5.88 Å². The van der Waals surface area contributed by atoms with Gasteiger partial charge in [-0.15, -0.1) is 0 Å². The summed E-state index contributed by atoms with van der Waals surface area (Å²) in [5, 5.41) is 18.0. The van der Waals surface area contributed by atoms with Crippen molar-refractivity contribution in [1.29, 1.82) is 0 Å². The molecule has 0 aliphatic carbocycles. The fraction of sp³-hybridized carbons (Fsp3) is 0.143. The fourth-order valence-corrected chi connectivity index (χ4v) is 1.76. The Balaban J connectivity index is 2.25. The number of benzene rings is 1. The van der Waals surface area contributed by atoms with Crippen molar-refractivity contribution in [2.24, 2.45) is 0 Å². The smallest absolute Gasteiger partial charge is 0.341 e. The van der Waals surface area contributed by atoms with Gasteiger partial charge in [-0.25, -0.2) is 9.78 Å². The van der Waals surface area contributed by atoms with Crippen molar-refractivity contribution in [3.05, 3.63) is 52.7 Å². The number of rotatable bonds is 5. The second kappa shape index (κ2) is 6.36. The number of halogens is 1. The van der Waals surface area contributed by atoms with Crippen molar-refractivity contribution in [2.75, 3.05) is 6.61 Å². The Hall–Kier alpha value is -2.11. The summed E-state index contributed by atoms with van der Waals surface area (Å²) >= 11 is 5.74. The molecule has 0 spiro atoms. The van der Waals surface area contributed by atoms with Gasteiger partial charge in [0.25, 0.3) is 0 Å². The van der Waals surface area contributed by atoms with Gasteiger partial charge in [0.05, 0.1) is 0 Å².